The summed E-state index contributed by atoms with van der Waals surface area (Å²) in [5, 5.41) is 0.0591. The molecular formula is C28H24ClNO7S. The van der Waals surface area contributed by atoms with Gasteiger partial charge in [-0.15, -0.1) is 0 Å². The van der Waals surface area contributed by atoms with E-state index in [1.165, 1.54) is 0 Å². The van der Waals surface area contributed by atoms with E-state index in [4.69, 9.17) is 30.5 Å². The third-order valence-electron chi connectivity index (χ3n) is 5.38. The van der Waals surface area contributed by atoms with Crippen LogP contribution in [0.1, 0.15) is 22.8 Å². The molecule has 3 aromatic carbocycles. The molecule has 0 saturated carbocycles. The van der Waals surface area contributed by atoms with Gasteiger partial charge in [-0.3, -0.25) is 14.5 Å². The standard InChI is InChI=1S/C28H24ClNO7S/c1-3-35-24-16-18(8-13-23(24)37-27(32)19-9-11-20(34-2)12-10-19)17-25-26(31)30(28(33)38-25)14-15-36-22-7-5-4-6-21(22)29/h4-13,16-17H,3,14-15H2,1-2H3/b25-17-. The van der Waals surface area contributed by atoms with E-state index in [2.05, 4.69) is 0 Å². The van der Waals surface area contributed by atoms with Crippen molar-refractivity contribution < 1.29 is 33.3 Å². The second-order valence-electron chi connectivity index (χ2n) is 7.87. The maximum atomic E-state index is 12.9. The molecule has 196 valence electrons. The largest absolute Gasteiger partial charge is 0.497 e. The van der Waals surface area contributed by atoms with Gasteiger partial charge in [-0.05, 0) is 78.9 Å². The van der Waals surface area contributed by atoms with E-state index in [1.807, 2.05) is 0 Å². The molecule has 4 rings (SSSR count). The number of carbonyl (C=O) groups is 3. The Morgan fingerprint density at radius 3 is 2.45 bits per heavy atom. The summed E-state index contributed by atoms with van der Waals surface area (Å²) in [5.74, 6) is 0.689. The van der Waals surface area contributed by atoms with Gasteiger partial charge >= 0.3 is 5.97 Å². The van der Waals surface area contributed by atoms with Gasteiger partial charge in [0.2, 0.25) is 0 Å². The van der Waals surface area contributed by atoms with E-state index < -0.39 is 11.9 Å². The Bertz CT molecular complexity index is 1370. The Morgan fingerprint density at radius 1 is 0.974 bits per heavy atom. The van der Waals surface area contributed by atoms with Crippen LogP contribution in [0.25, 0.3) is 6.08 Å². The lowest BCUT2D eigenvalue weighted by Crippen LogP contribution is -2.32. The number of esters is 1. The third-order valence-corrected chi connectivity index (χ3v) is 6.60. The van der Waals surface area contributed by atoms with Crippen molar-refractivity contribution in [2.45, 2.75) is 6.92 Å². The van der Waals surface area contributed by atoms with Gasteiger partial charge in [-0.25, -0.2) is 4.79 Å². The molecule has 1 fully saturated rings. The summed E-state index contributed by atoms with van der Waals surface area (Å²) in [7, 11) is 1.54. The average molecular weight is 554 g/mol. The number of halogens is 1. The number of carbonyl (C=O) groups excluding carboxylic acids is 3. The van der Waals surface area contributed by atoms with Crippen molar-refractivity contribution in [3.05, 3.63) is 87.8 Å². The zero-order chi connectivity index (χ0) is 27.1. The summed E-state index contributed by atoms with van der Waals surface area (Å²) in [6, 6.07) is 18.4. The summed E-state index contributed by atoms with van der Waals surface area (Å²) in [4.78, 5) is 39.3. The molecule has 2 amide bonds. The van der Waals surface area contributed by atoms with Crippen molar-refractivity contribution in [2.24, 2.45) is 0 Å². The number of hydrogen-bond donors (Lipinski definition) is 0. The van der Waals surface area contributed by atoms with Gasteiger partial charge in [0.05, 0.1) is 35.8 Å². The van der Waals surface area contributed by atoms with Crippen molar-refractivity contribution in [2.75, 3.05) is 26.9 Å². The Kier molecular flexibility index (Phi) is 8.93. The van der Waals surface area contributed by atoms with Crippen LogP contribution in [0.15, 0.2) is 71.6 Å². The zero-order valence-corrected chi connectivity index (χ0v) is 22.2. The first kappa shape index (κ1) is 27.1. The van der Waals surface area contributed by atoms with Gasteiger partial charge in [0.15, 0.2) is 11.5 Å². The number of hydrogen-bond acceptors (Lipinski definition) is 8. The lowest BCUT2D eigenvalue weighted by Gasteiger charge is -2.14. The molecule has 0 aromatic heterocycles. The van der Waals surface area contributed by atoms with Crippen LogP contribution in [0, 0.1) is 0 Å². The molecule has 0 N–H and O–H groups in total. The molecule has 0 unspecified atom stereocenters. The highest BCUT2D eigenvalue weighted by atomic mass is 35.5. The fourth-order valence-corrected chi connectivity index (χ4v) is 4.56. The van der Waals surface area contributed by atoms with Gasteiger partial charge < -0.3 is 18.9 Å². The molecule has 8 nitrogen and oxygen atoms in total. The molecule has 0 atom stereocenters. The van der Waals surface area contributed by atoms with Crippen molar-refractivity contribution in [3.63, 3.8) is 0 Å². The van der Waals surface area contributed by atoms with Gasteiger partial charge in [0.1, 0.15) is 18.1 Å². The number of nitrogens with zero attached hydrogens (tertiary/aromatic N) is 1. The van der Waals surface area contributed by atoms with Crippen LogP contribution >= 0.6 is 23.4 Å². The van der Waals surface area contributed by atoms with E-state index in [0.717, 1.165) is 16.7 Å². The molecule has 1 heterocycles. The van der Waals surface area contributed by atoms with Crippen LogP contribution in [0.4, 0.5) is 4.79 Å². The van der Waals surface area contributed by atoms with Crippen LogP contribution in [-0.2, 0) is 4.79 Å². The fourth-order valence-electron chi connectivity index (χ4n) is 3.51. The fraction of sp³-hybridized carbons (Fsp3) is 0.179. The van der Waals surface area contributed by atoms with Crippen molar-refractivity contribution >= 4 is 46.6 Å². The Balaban J connectivity index is 1.44. The second kappa shape index (κ2) is 12.5. The number of rotatable bonds is 10. The highest BCUT2D eigenvalue weighted by Crippen LogP contribution is 2.35. The number of benzene rings is 3. The zero-order valence-electron chi connectivity index (χ0n) is 20.6. The van der Waals surface area contributed by atoms with Crippen LogP contribution in [0.2, 0.25) is 5.02 Å². The monoisotopic (exact) mass is 553 g/mol. The average Bonchev–Trinajstić information content (AvgIpc) is 3.18. The number of amides is 2. The highest BCUT2D eigenvalue weighted by molar-refractivity contribution is 8.18. The normalized spacial score (nSPS) is 14.1. The predicted octanol–water partition coefficient (Wildman–Crippen LogP) is 6.08. The van der Waals surface area contributed by atoms with Crippen LogP contribution in [0.5, 0.6) is 23.0 Å². The Morgan fingerprint density at radius 2 is 1.74 bits per heavy atom. The molecule has 0 spiro atoms. The minimum atomic E-state index is -0.554. The van der Waals surface area contributed by atoms with E-state index in [9.17, 15) is 14.4 Å². The van der Waals surface area contributed by atoms with Gasteiger partial charge in [-0.1, -0.05) is 29.8 Å². The van der Waals surface area contributed by atoms with E-state index in [-0.39, 0.29) is 29.0 Å². The first-order valence-corrected chi connectivity index (χ1v) is 12.8. The number of ether oxygens (including phenoxy) is 4. The van der Waals surface area contributed by atoms with E-state index >= 15 is 0 Å². The van der Waals surface area contributed by atoms with Crippen LogP contribution in [0.3, 0.4) is 0 Å². The second-order valence-corrected chi connectivity index (χ2v) is 9.27. The van der Waals surface area contributed by atoms with E-state index in [1.54, 1.807) is 86.8 Å². The Labute approximate surface area is 229 Å². The summed E-state index contributed by atoms with van der Waals surface area (Å²) < 4.78 is 21.9. The van der Waals surface area contributed by atoms with Crippen molar-refractivity contribution in [3.8, 4) is 23.0 Å². The summed E-state index contributed by atoms with van der Waals surface area (Å²) in [6.07, 6.45) is 1.59. The number of methoxy groups -OCH3 is 1. The lowest BCUT2D eigenvalue weighted by molar-refractivity contribution is -0.123. The van der Waals surface area contributed by atoms with Crippen molar-refractivity contribution in [1.29, 1.82) is 0 Å². The van der Waals surface area contributed by atoms with Gasteiger partial charge in [-0.2, -0.15) is 0 Å². The quantitative estimate of drug-likeness (QED) is 0.169. The molecule has 3 aromatic rings. The molecule has 1 aliphatic heterocycles. The molecular weight excluding hydrogens is 530 g/mol. The molecule has 0 aliphatic carbocycles. The predicted molar refractivity (Wildman–Crippen MR) is 145 cm³/mol. The summed E-state index contributed by atoms with van der Waals surface area (Å²) in [5.41, 5.74) is 0.958. The smallest absolute Gasteiger partial charge is 0.343 e. The first-order valence-electron chi connectivity index (χ1n) is 11.7. The summed E-state index contributed by atoms with van der Waals surface area (Å²) >= 11 is 6.92. The minimum absolute atomic E-state index is 0.0810. The Hall–Kier alpha value is -3.95. The number of thioether (sulfide) groups is 1. The minimum Gasteiger partial charge on any atom is -0.497 e. The molecule has 0 bridgehead atoms. The molecule has 0 radical (unpaired) electrons. The highest BCUT2D eigenvalue weighted by Gasteiger charge is 2.35. The summed E-state index contributed by atoms with van der Waals surface area (Å²) in [6.45, 7) is 2.33. The van der Waals surface area contributed by atoms with E-state index in [0.29, 0.717) is 40.0 Å². The van der Waals surface area contributed by atoms with Crippen molar-refractivity contribution in [1.82, 2.24) is 4.90 Å². The maximum absolute atomic E-state index is 12.9. The SMILES string of the molecule is CCOc1cc(/C=C2\SC(=O)N(CCOc3ccccc3Cl)C2=O)ccc1OC(=O)c1ccc(OC)cc1. The van der Waals surface area contributed by atoms with Gasteiger partial charge in [0, 0.05) is 0 Å². The number of para-hydroxylation sites is 1. The van der Waals surface area contributed by atoms with Gasteiger partial charge in [0.25, 0.3) is 11.1 Å². The maximum Gasteiger partial charge on any atom is 0.343 e. The number of imide groups is 1. The molecule has 1 aliphatic rings. The molecule has 10 heteroatoms. The third kappa shape index (κ3) is 6.48. The first-order chi connectivity index (χ1) is 18.4. The topological polar surface area (TPSA) is 91.4 Å². The molecule has 1 saturated heterocycles. The van der Waals surface area contributed by atoms with Crippen LogP contribution in [-0.4, -0.2) is 48.9 Å². The molecule has 38 heavy (non-hydrogen) atoms. The lowest BCUT2D eigenvalue weighted by atomic mass is 10.1. The van der Waals surface area contributed by atoms with Crippen LogP contribution < -0.4 is 18.9 Å².